The van der Waals surface area contributed by atoms with Crippen LogP contribution in [0.4, 0.5) is 4.79 Å². The van der Waals surface area contributed by atoms with Crippen molar-refractivity contribution in [1.29, 1.82) is 0 Å². The van der Waals surface area contributed by atoms with Crippen molar-refractivity contribution in [3.63, 3.8) is 0 Å². The van der Waals surface area contributed by atoms with Crippen molar-refractivity contribution in [2.45, 2.75) is 12.5 Å². The molecule has 0 aliphatic heterocycles. The number of carbonyl (C=O) groups is 2. The summed E-state index contributed by atoms with van der Waals surface area (Å²) in [5.74, 6) is 1.18. The van der Waals surface area contributed by atoms with E-state index in [4.69, 9.17) is 11.5 Å². The summed E-state index contributed by atoms with van der Waals surface area (Å²) in [4.78, 5) is 30.4. The predicted molar refractivity (Wildman–Crippen MR) is 63.7 cm³/mol. The molecule has 0 saturated carbocycles. The Labute approximate surface area is 104 Å². The van der Waals surface area contributed by atoms with Gasteiger partial charge in [0, 0.05) is 25.4 Å². The van der Waals surface area contributed by atoms with E-state index in [1.807, 2.05) is 0 Å². The van der Waals surface area contributed by atoms with Crippen LogP contribution < -0.4 is 5.32 Å². The van der Waals surface area contributed by atoms with Gasteiger partial charge in [-0.25, -0.2) is 14.6 Å². The Morgan fingerprint density at radius 3 is 2.94 bits per heavy atom. The molecular weight excluding hydrogens is 236 g/mol. The fraction of sp³-hybridized carbons (Fsp3) is 0.364. The summed E-state index contributed by atoms with van der Waals surface area (Å²) in [6, 6.07) is -1.56. The van der Waals surface area contributed by atoms with E-state index in [0.717, 1.165) is 0 Å². The van der Waals surface area contributed by atoms with Gasteiger partial charge in [-0.05, 0) is 0 Å². The van der Waals surface area contributed by atoms with Crippen molar-refractivity contribution in [2.24, 2.45) is 0 Å². The summed E-state index contributed by atoms with van der Waals surface area (Å²) < 4.78 is 0. The normalized spacial score (nSPS) is 11.3. The quantitative estimate of drug-likeness (QED) is 0.624. The average Bonchev–Trinajstić information content (AvgIpc) is 2.81. The van der Waals surface area contributed by atoms with E-state index >= 15 is 0 Å². The van der Waals surface area contributed by atoms with Crippen molar-refractivity contribution in [3.05, 3.63) is 18.2 Å². The minimum absolute atomic E-state index is 0.113. The second-order valence-corrected chi connectivity index (χ2v) is 3.68. The van der Waals surface area contributed by atoms with Gasteiger partial charge in [0.25, 0.3) is 0 Å². The minimum atomic E-state index is -1.12. The highest BCUT2D eigenvalue weighted by molar-refractivity contribution is 5.82. The second-order valence-electron chi connectivity index (χ2n) is 3.68. The number of urea groups is 1. The summed E-state index contributed by atoms with van der Waals surface area (Å²) in [6.45, 7) is 0.113. The average molecular weight is 250 g/mol. The van der Waals surface area contributed by atoms with Crippen molar-refractivity contribution in [2.75, 3.05) is 13.6 Å². The number of hydrogen-bond donors (Lipinski definition) is 3. The number of terminal acetylenes is 1. The van der Waals surface area contributed by atoms with E-state index in [-0.39, 0.29) is 13.0 Å². The van der Waals surface area contributed by atoms with Gasteiger partial charge in [0.05, 0.1) is 12.9 Å². The Hall–Kier alpha value is -2.49. The van der Waals surface area contributed by atoms with Crippen LogP contribution >= 0.6 is 0 Å². The lowest BCUT2D eigenvalue weighted by Gasteiger charge is -2.19. The van der Waals surface area contributed by atoms with Gasteiger partial charge >= 0.3 is 12.0 Å². The van der Waals surface area contributed by atoms with Gasteiger partial charge < -0.3 is 20.3 Å². The smallest absolute Gasteiger partial charge is 0.326 e. The molecule has 1 atom stereocenters. The molecule has 2 amide bonds. The number of H-pyrrole nitrogens is 1. The van der Waals surface area contributed by atoms with Gasteiger partial charge in [-0.3, -0.25) is 0 Å². The lowest BCUT2D eigenvalue weighted by Crippen LogP contribution is -2.47. The summed E-state index contributed by atoms with van der Waals surface area (Å²) >= 11 is 0. The van der Waals surface area contributed by atoms with Crippen molar-refractivity contribution >= 4 is 12.0 Å². The largest absolute Gasteiger partial charge is 0.480 e. The highest BCUT2D eigenvalue weighted by atomic mass is 16.4. The molecule has 0 unspecified atom stereocenters. The maximum atomic E-state index is 11.6. The Morgan fingerprint density at radius 2 is 2.44 bits per heavy atom. The van der Waals surface area contributed by atoms with Gasteiger partial charge in [-0.1, -0.05) is 5.92 Å². The standard InChI is InChI=1S/C11H14N4O3/c1-3-4-15(2)11(18)14-9(10(16)17)5-8-6-12-7-13-8/h1,6-7,9H,4-5H2,2H3,(H,12,13)(H,14,18)(H,16,17)/t9-/m1/s1. The third-order valence-corrected chi connectivity index (χ3v) is 2.25. The van der Waals surface area contributed by atoms with Crippen LogP contribution in [0.25, 0.3) is 0 Å². The molecule has 0 spiro atoms. The molecule has 1 aromatic rings. The van der Waals surface area contributed by atoms with Crippen LogP contribution in [0.1, 0.15) is 5.69 Å². The molecule has 96 valence electrons. The van der Waals surface area contributed by atoms with Gasteiger partial charge in [0.15, 0.2) is 0 Å². The number of rotatable bonds is 5. The van der Waals surface area contributed by atoms with Crippen LogP contribution in [0.3, 0.4) is 0 Å². The molecular formula is C11H14N4O3. The van der Waals surface area contributed by atoms with E-state index in [1.165, 1.54) is 24.5 Å². The summed E-state index contributed by atoms with van der Waals surface area (Å²) in [5.41, 5.74) is 0.627. The van der Waals surface area contributed by atoms with E-state index in [9.17, 15) is 9.59 Å². The van der Waals surface area contributed by atoms with Gasteiger partial charge in [0.1, 0.15) is 6.04 Å². The van der Waals surface area contributed by atoms with Gasteiger partial charge in [-0.15, -0.1) is 6.42 Å². The number of amides is 2. The second kappa shape index (κ2) is 6.30. The zero-order valence-corrected chi connectivity index (χ0v) is 9.88. The number of imidazole rings is 1. The topological polar surface area (TPSA) is 98.3 Å². The lowest BCUT2D eigenvalue weighted by molar-refractivity contribution is -0.139. The fourth-order valence-corrected chi connectivity index (χ4v) is 1.28. The van der Waals surface area contributed by atoms with Crippen LogP contribution in [-0.4, -0.2) is 51.6 Å². The Morgan fingerprint density at radius 1 is 1.72 bits per heavy atom. The maximum absolute atomic E-state index is 11.6. The van der Waals surface area contributed by atoms with Crippen molar-refractivity contribution in [3.8, 4) is 12.3 Å². The molecule has 0 radical (unpaired) electrons. The zero-order valence-electron chi connectivity index (χ0n) is 9.88. The summed E-state index contributed by atoms with van der Waals surface area (Å²) in [7, 11) is 1.49. The molecule has 0 aliphatic carbocycles. The number of carbonyl (C=O) groups excluding carboxylic acids is 1. The van der Waals surface area contributed by atoms with Gasteiger partial charge in [-0.2, -0.15) is 0 Å². The first-order chi connectivity index (χ1) is 8.54. The molecule has 0 aliphatic rings. The van der Waals surface area contributed by atoms with E-state index < -0.39 is 18.0 Å². The number of nitrogens with zero attached hydrogens (tertiary/aromatic N) is 2. The Balaban J connectivity index is 2.61. The van der Waals surface area contributed by atoms with E-state index in [0.29, 0.717) is 5.69 Å². The first kappa shape index (κ1) is 13.6. The van der Waals surface area contributed by atoms with Crippen LogP contribution in [0.15, 0.2) is 12.5 Å². The monoisotopic (exact) mass is 250 g/mol. The molecule has 0 bridgehead atoms. The zero-order chi connectivity index (χ0) is 13.5. The third-order valence-electron chi connectivity index (χ3n) is 2.25. The molecule has 1 aromatic heterocycles. The molecule has 0 fully saturated rings. The SMILES string of the molecule is C#CCN(C)C(=O)N[C@H](Cc1cnc[nH]1)C(=O)O. The molecule has 18 heavy (non-hydrogen) atoms. The van der Waals surface area contributed by atoms with Crippen LogP contribution in [0.2, 0.25) is 0 Å². The molecule has 1 rings (SSSR count). The highest BCUT2D eigenvalue weighted by Gasteiger charge is 2.22. The molecule has 7 heteroatoms. The van der Waals surface area contributed by atoms with E-state index in [2.05, 4.69) is 21.2 Å². The van der Waals surface area contributed by atoms with Crippen LogP contribution in [0.5, 0.6) is 0 Å². The van der Waals surface area contributed by atoms with Gasteiger partial charge in [0.2, 0.25) is 0 Å². The number of aromatic nitrogens is 2. The van der Waals surface area contributed by atoms with Crippen molar-refractivity contribution < 1.29 is 14.7 Å². The van der Waals surface area contributed by atoms with Crippen molar-refractivity contribution in [1.82, 2.24) is 20.2 Å². The van der Waals surface area contributed by atoms with Crippen LogP contribution in [-0.2, 0) is 11.2 Å². The number of carboxylic acids is 1. The number of aliphatic carboxylic acids is 1. The summed E-state index contributed by atoms with van der Waals surface area (Å²) in [5, 5.41) is 11.4. The van der Waals surface area contributed by atoms with Crippen LogP contribution in [0, 0.1) is 12.3 Å². The molecule has 0 saturated heterocycles. The maximum Gasteiger partial charge on any atom is 0.326 e. The fourth-order valence-electron chi connectivity index (χ4n) is 1.28. The van der Waals surface area contributed by atoms with E-state index in [1.54, 1.807) is 0 Å². The molecule has 3 N–H and O–H groups in total. The first-order valence-corrected chi connectivity index (χ1v) is 5.19. The summed E-state index contributed by atoms with van der Waals surface area (Å²) in [6.07, 6.45) is 8.15. The highest BCUT2D eigenvalue weighted by Crippen LogP contribution is 1.99. The predicted octanol–water partition coefficient (Wildman–Crippen LogP) is -0.320. The minimum Gasteiger partial charge on any atom is -0.480 e. The Bertz CT molecular complexity index is 449. The third kappa shape index (κ3) is 3.83. The molecule has 1 heterocycles. The first-order valence-electron chi connectivity index (χ1n) is 5.19. The number of carboxylic acid groups (broad SMARTS) is 1. The number of hydrogen-bond acceptors (Lipinski definition) is 3. The molecule has 0 aromatic carbocycles. The number of aromatic amines is 1. The molecule has 7 nitrogen and oxygen atoms in total. The lowest BCUT2D eigenvalue weighted by atomic mass is 10.1. The Kier molecular flexibility index (Phi) is 4.75. The number of nitrogens with one attached hydrogen (secondary N) is 2.